The third-order valence-corrected chi connectivity index (χ3v) is 3.54. The second kappa shape index (κ2) is 5.84. The summed E-state index contributed by atoms with van der Waals surface area (Å²) in [6.45, 7) is 6.70. The van der Waals surface area contributed by atoms with Gasteiger partial charge >= 0.3 is 5.97 Å². The molecule has 1 aromatic carbocycles. The highest BCUT2D eigenvalue weighted by Gasteiger charge is 2.32. The van der Waals surface area contributed by atoms with Crippen molar-refractivity contribution in [3.63, 3.8) is 0 Å². The maximum absolute atomic E-state index is 14.0. The molecule has 3 nitrogen and oxygen atoms in total. The van der Waals surface area contributed by atoms with Crippen molar-refractivity contribution in [2.24, 2.45) is 0 Å². The summed E-state index contributed by atoms with van der Waals surface area (Å²) >= 11 is 0. The number of carbonyl (C=O) groups excluding carboxylic acids is 1. The monoisotopic (exact) mass is 296 g/mol. The maximum Gasteiger partial charge on any atom is 0.338 e. The molecule has 1 fully saturated rings. The van der Waals surface area contributed by atoms with Crippen molar-refractivity contribution in [2.45, 2.75) is 45.1 Å². The first-order valence-electron chi connectivity index (χ1n) is 6.86. The van der Waals surface area contributed by atoms with Gasteiger partial charge in [-0.3, -0.25) is 0 Å². The minimum absolute atomic E-state index is 0.148. The highest BCUT2D eigenvalue weighted by Crippen LogP contribution is 2.37. The van der Waals surface area contributed by atoms with Gasteiger partial charge in [0.05, 0.1) is 0 Å². The molecule has 5 heteroatoms. The van der Waals surface area contributed by atoms with Gasteiger partial charge in [-0.05, 0) is 39.5 Å². The Hall–Kier alpha value is -1.91. The fraction of sp³-hybridized carbons (Fsp3) is 0.438. The van der Waals surface area contributed by atoms with Crippen LogP contribution in [0.3, 0.4) is 0 Å². The number of carbonyl (C=O) groups is 1. The molecule has 0 spiro atoms. The van der Waals surface area contributed by atoms with E-state index < -0.39 is 29.0 Å². The lowest BCUT2D eigenvalue weighted by Crippen LogP contribution is -2.29. The van der Waals surface area contributed by atoms with E-state index >= 15 is 0 Å². The Bertz CT molecular complexity index is 552. The third kappa shape index (κ3) is 3.60. The number of hydrogen-bond acceptors (Lipinski definition) is 3. The van der Waals surface area contributed by atoms with Gasteiger partial charge in [0.1, 0.15) is 11.4 Å². The molecule has 1 aromatic rings. The first-order valence-corrected chi connectivity index (χ1v) is 6.86. The lowest BCUT2D eigenvalue weighted by molar-refractivity contribution is -0.130. The zero-order valence-electron chi connectivity index (χ0n) is 12.2. The van der Waals surface area contributed by atoms with Crippen LogP contribution >= 0.6 is 0 Å². The van der Waals surface area contributed by atoms with Crippen LogP contribution in [0, 0.1) is 11.6 Å². The Morgan fingerprint density at radius 3 is 2.24 bits per heavy atom. The van der Waals surface area contributed by atoms with Crippen LogP contribution in [0.2, 0.25) is 0 Å². The van der Waals surface area contributed by atoms with E-state index in [1.54, 1.807) is 0 Å². The Balaban J connectivity index is 2.21. The highest BCUT2D eigenvalue weighted by atomic mass is 19.1. The molecule has 0 heterocycles. The van der Waals surface area contributed by atoms with E-state index in [1.165, 1.54) is 6.92 Å². The summed E-state index contributed by atoms with van der Waals surface area (Å²) in [5.74, 6) is -3.12. The van der Waals surface area contributed by atoms with E-state index in [9.17, 15) is 13.6 Å². The zero-order valence-corrected chi connectivity index (χ0v) is 12.2. The van der Waals surface area contributed by atoms with E-state index in [0.717, 1.165) is 37.8 Å². The Morgan fingerprint density at radius 1 is 1.24 bits per heavy atom. The normalized spacial score (nSPS) is 16.6. The maximum atomic E-state index is 14.0. The number of benzene rings is 1. The van der Waals surface area contributed by atoms with Crippen LogP contribution in [-0.2, 0) is 4.79 Å². The fourth-order valence-electron chi connectivity index (χ4n) is 2.36. The molecular formula is C16H18F2O3. The summed E-state index contributed by atoms with van der Waals surface area (Å²) in [5, 5.41) is 0. The molecule has 0 unspecified atom stereocenters. The summed E-state index contributed by atoms with van der Waals surface area (Å²) in [7, 11) is 0. The SMILES string of the molecule is C=C(C)C(=O)Oc1cc(F)c(OC2(C)CCCC2)c(F)c1. The van der Waals surface area contributed by atoms with Crippen LogP contribution in [0.5, 0.6) is 11.5 Å². The first kappa shape index (κ1) is 15.5. The highest BCUT2D eigenvalue weighted by molar-refractivity contribution is 5.88. The predicted molar refractivity (Wildman–Crippen MR) is 74.3 cm³/mol. The van der Waals surface area contributed by atoms with Gasteiger partial charge in [-0.15, -0.1) is 0 Å². The van der Waals surface area contributed by atoms with Gasteiger partial charge in [0.25, 0.3) is 0 Å². The molecule has 0 atom stereocenters. The van der Waals surface area contributed by atoms with Crippen molar-refractivity contribution in [3.05, 3.63) is 35.9 Å². The number of ether oxygens (including phenoxy) is 2. The lowest BCUT2D eigenvalue weighted by atomic mass is 10.1. The Labute approximate surface area is 122 Å². The van der Waals surface area contributed by atoms with Crippen molar-refractivity contribution in [1.82, 2.24) is 0 Å². The van der Waals surface area contributed by atoms with Gasteiger partial charge in [0.15, 0.2) is 17.4 Å². The van der Waals surface area contributed by atoms with Crippen molar-refractivity contribution >= 4 is 5.97 Å². The van der Waals surface area contributed by atoms with E-state index in [0.29, 0.717) is 0 Å². The van der Waals surface area contributed by atoms with E-state index in [-0.39, 0.29) is 11.3 Å². The molecule has 0 amide bonds. The first-order chi connectivity index (χ1) is 9.81. The Morgan fingerprint density at radius 2 is 1.76 bits per heavy atom. The van der Waals surface area contributed by atoms with E-state index in [1.807, 2.05) is 6.92 Å². The van der Waals surface area contributed by atoms with E-state index in [2.05, 4.69) is 6.58 Å². The summed E-state index contributed by atoms with van der Waals surface area (Å²) < 4.78 is 38.4. The lowest BCUT2D eigenvalue weighted by Gasteiger charge is -2.26. The van der Waals surface area contributed by atoms with Gasteiger partial charge < -0.3 is 9.47 Å². The molecule has 1 saturated carbocycles. The number of hydrogen-bond donors (Lipinski definition) is 0. The molecule has 0 aliphatic heterocycles. The molecule has 0 N–H and O–H groups in total. The number of halogens is 2. The summed E-state index contributed by atoms with van der Waals surface area (Å²) in [5.41, 5.74) is -0.396. The van der Waals surface area contributed by atoms with Crippen LogP contribution in [0.1, 0.15) is 39.5 Å². The molecule has 1 aliphatic carbocycles. The largest absolute Gasteiger partial charge is 0.481 e. The molecular weight excluding hydrogens is 278 g/mol. The van der Waals surface area contributed by atoms with Crippen molar-refractivity contribution in [2.75, 3.05) is 0 Å². The molecule has 0 saturated heterocycles. The average molecular weight is 296 g/mol. The average Bonchev–Trinajstić information content (AvgIpc) is 2.81. The van der Waals surface area contributed by atoms with Gasteiger partial charge in [-0.25, -0.2) is 13.6 Å². The van der Waals surface area contributed by atoms with Gasteiger partial charge in [-0.1, -0.05) is 6.58 Å². The van der Waals surface area contributed by atoms with Crippen LogP contribution in [0.15, 0.2) is 24.3 Å². The summed E-state index contributed by atoms with van der Waals surface area (Å²) in [4.78, 5) is 11.4. The smallest absolute Gasteiger partial charge is 0.338 e. The minimum atomic E-state index is -0.882. The predicted octanol–water partition coefficient (Wildman–Crippen LogP) is 4.16. The molecule has 21 heavy (non-hydrogen) atoms. The summed E-state index contributed by atoms with van der Waals surface area (Å²) in [6.07, 6.45) is 3.48. The molecule has 0 bridgehead atoms. The van der Waals surface area contributed by atoms with Crippen LogP contribution in [-0.4, -0.2) is 11.6 Å². The third-order valence-electron chi connectivity index (χ3n) is 3.54. The standard InChI is InChI=1S/C16H18F2O3/c1-10(2)15(19)20-11-8-12(17)14(13(18)9-11)21-16(3)6-4-5-7-16/h8-9H,1,4-7H2,2-3H3. The second-order valence-corrected chi connectivity index (χ2v) is 5.64. The minimum Gasteiger partial charge on any atom is -0.481 e. The number of esters is 1. The molecule has 0 radical (unpaired) electrons. The molecule has 114 valence electrons. The molecule has 2 rings (SSSR count). The molecule has 0 aromatic heterocycles. The van der Waals surface area contributed by atoms with Gasteiger partial charge in [0, 0.05) is 17.7 Å². The van der Waals surface area contributed by atoms with Gasteiger partial charge in [0.2, 0.25) is 0 Å². The van der Waals surface area contributed by atoms with Crippen LogP contribution < -0.4 is 9.47 Å². The van der Waals surface area contributed by atoms with E-state index in [4.69, 9.17) is 9.47 Å². The van der Waals surface area contributed by atoms with Crippen LogP contribution in [0.25, 0.3) is 0 Å². The van der Waals surface area contributed by atoms with Gasteiger partial charge in [-0.2, -0.15) is 0 Å². The fourth-order valence-corrected chi connectivity index (χ4v) is 2.36. The Kier molecular flexibility index (Phi) is 4.30. The second-order valence-electron chi connectivity index (χ2n) is 5.64. The molecule has 1 aliphatic rings. The van der Waals surface area contributed by atoms with Crippen LogP contribution in [0.4, 0.5) is 8.78 Å². The topological polar surface area (TPSA) is 35.5 Å². The van der Waals surface area contributed by atoms with Crippen molar-refractivity contribution < 1.29 is 23.0 Å². The summed E-state index contributed by atoms with van der Waals surface area (Å²) in [6, 6.07) is 1.88. The quantitative estimate of drug-likeness (QED) is 0.475. The number of rotatable bonds is 4. The van der Waals surface area contributed by atoms with Crippen molar-refractivity contribution in [1.29, 1.82) is 0 Å². The zero-order chi connectivity index (χ0) is 15.6. The van der Waals surface area contributed by atoms with Crippen molar-refractivity contribution in [3.8, 4) is 11.5 Å².